The average Bonchev–Trinajstić information content (AvgIpc) is 3.90. The fraction of sp³-hybridized carbons (Fsp3) is 0.400. The van der Waals surface area contributed by atoms with Crippen molar-refractivity contribution in [3.8, 4) is 11.5 Å². The van der Waals surface area contributed by atoms with E-state index in [2.05, 4.69) is 41.3 Å². The summed E-state index contributed by atoms with van der Waals surface area (Å²) in [5.41, 5.74) is 0.0281. The Kier molecular flexibility index (Phi) is 13.8. The summed E-state index contributed by atoms with van der Waals surface area (Å²) in [6, 6.07) is 22.0. The number of hydrogen-bond donors (Lipinski definition) is 5. The molecule has 0 amide bonds. The first-order valence-electron chi connectivity index (χ1n) is 17.8. The van der Waals surface area contributed by atoms with Crippen molar-refractivity contribution in [2.75, 3.05) is 26.7 Å². The molecule has 1 aliphatic rings. The van der Waals surface area contributed by atoms with E-state index in [0.29, 0.717) is 45.4 Å². The molecule has 3 aromatic heterocycles. The smallest absolute Gasteiger partial charge is 0.349 e. The molecular weight excluding hydrogens is 718 g/mol. The van der Waals surface area contributed by atoms with Crippen LogP contribution >= 0.6 is 22.7 Å². The zero-order valence-corrected chi connectivity index (χ0v) is 31.5. The summed E-state index contributed by atoms with van der Waals surface area (Å²) in [4.78, 5) is 31.2. The number of nitrogens with one attached hydrogen (secondary N) is 2. The minimum Gasteiger partial charge on any atom is -0.506 e. The van der Waals surface area contributed by atoms with Gasteiger partial charge in [-0.05, 0) is 111 Å². The number of rotatable bonds is 16. The quantitative estimate of drug-likeness (QED) is 0.0582. The van der Waals surface area contributed by atoms with Crippen LogP contribution in [0.3, 0.4) is 0 Å². The van der Waals surface area contributed by atoms with E-state index in [-0.39, 0.29) is 28.2 Å². The molecule has 53 heavy (non-hydrogen) atoms. The molecule has 5 N–H and O–H groups in total. The molecule has 1 saturated carbocycles. The summed E-state index contributed by atoms with van der Waals surface area (Å²) in [5, 5.41) is 40.3. The summed E-state index contributed by atoms with van der Waals surface area (Å²) >= 11 is 2.71. The van der Waals surface area contributed by atoms with Gasteiger partial charge in [-0.15, -0.1) is 22.7 Å². The monoisotopic (exact) mass is 765 g/mol. The van der Waals surface area contributed by atoms with Crippen LogP contribution in [0.4, 0.5) is 4.70 Å². The van der Waals surface area contributed by atoms with Crippen molar-refractivity contribution in [1.29, 1.82) is 0 Å². The molecular formula is C40H48FN3O7S2. The molecule has 3 heterocycles. The van der Waals surface area contributed by atoms with E-state index in [1.807, 2.05) is 35.0 Å². The molecule has 0 bridgehead atoms. The number of phenols is 1. The second kappa shape index (κ2) is 18.3. The summed E-state index contributed by atoms with van der Waals surface area (Å²) in [5.74, 6) is 0.201. The van der Waals surface area contributed by atoms with Gasteiger partial charge in [-0.2, -0.15) is 0 Å². The number of nitrogens with zero attached hydrogens (tertiary/aromatic N) is 1. The first kappa shape index (κ1) is 40.1. The number of pyridine rings is 1. The highest BCUT2D eigenvalue weighted by Crippen LogP contribution is 2.38. The number of hydrogen-bond acceptors (Lipinski definition) is 11. The van der Waals surface area contributed by atoms with Crippen molar-refractivity contribution in [1.82, 2.24) is 15.2 Å². The van der Waals surface area contributed by atoms with E-state index in [4.69, 9.17) is 9.47 Å². The van der Waals surface area contributed by atoms with Crippen molar-refractivity contribution in [2.24, 2.45) is 0 Å². The zero-order valence-electron chi connectivity index (χ0n) is 29.9. The van der Waals surface area contributed by atoms with Crippen LogP contribution in [0.25, 0.3) is 10.9 Å². The van der Waals surface area contributed by atoms with E-state index in [0.717, 1.165) is 56.4 Å². The van der Waals surface area contributed by atoms with Crippen molar-refractivity contribution < 1.29 is 34.3 Å². The number of benzene rings is 2. The number of carbonyl (C=O) groups is 1. The lowest BCUT2D eigenvalue weighted by atomic mass is 9.91. The normalized spacial score (nSPS) is 17.3. The Morgan fingerprint density at radius 1 is 1.00 bits per heavy atom. The first-order chi connectivity index (χ1) is 25.1. The van der Waals surface area contributed by atoms with Crippen molar-refractivity contribution >= 4 is 39.5 Å². The maximum absolute atomic E-state index is 13.3. The number of thiophene rings is 2. The van der Waals surface area contributed by atoms with Gasteiger partial charge in [0.05, 0.1) is 28.0 Å². The number of halogens is 1. The van der Waals surface area contributed by atoms with Gasteiger partial charge < -0.3 is 40.0 Å². The third-order valence-electron chi connectivity index (χ3n) is 9.91. The van der Waals surface area contributed by atoms with Crippen molar-refractivity contribution in [2.45, 2.75) is 75.3 Å². The average molecular weight is 766 g/mol. The van der Waals surface area contributed by atoms with Gasteiger partial charge in [0, 0.05) is 36.6 Å². The SMILES string of the molecule is CC(Cc1ccc(OCCCN(C)[C@H]2CC[C@H](OC(=O)C(O)(c3cccs3)c3cccs3)CC2)cc1)NC[C@H](O)c1ccc(O)c2[nH]c(=O)ccc12.F. The van der Waals surface area contributed by atoms with E-state index in [1.165, 1.54) is 34.8 Å². The fourth-order valence-electron chi connectivity index (χ4n) is 6.94. The van der Waals surface area contributed by atoms with Crippen LogP contribution in [-0.4, -0.2) is 76.1 Å². The number of H-pyrrole nitrogens is 1. The predicted octanol–water partition coefficient (Wildman–Crippen LogP) is 6.25. The van der Waals surface area contributed by atoms with E-state index in [1.54, 1.807) is 24.3 Å². The van der Waals surface area contributed by atoms with Gasteiger partial charge in [-0.25, -0.2) is 4.79 Å². The summed E-state index contributed by atoms with van der Waals surface area (Å²) in [6.07, 6.45) is 4.02. The molecule has 0 radical (unpaired) electrons. The number of fused-ring (bicyclic) bond motifs is 1. The number of aromatic amines is 1. The number of phenolic OH excluding ortho intramolecular Hbond substituents is 1. The number of esters is 1. The highest BCUT2D eigenvalue weighted by atomic mass is 32.1. The van der Waals surface area contributed by atoms with Crippen molar-refractivity contribution in [3.05, 3.63) is 115 Å². The Morgan fingerprint density at radius 2 is 1.68 bits per heavy atom. The second-order valence-electron chi connectivity index (χ2n) is 13.6. The van der Waals surface area contributed by atoms with Crippen LogP contribution in [0, 0.1) is 0 Å². The third kappa shape index (κ3) is 9.71. The largest absolute Gasteiger partial charge is 0.506 e. The minimum absolute atomic E-state index is 0. The Hall–Kier alpha value is -4.11. The number of aliphatic hydroxyl groups excluding tert-OH is 1. The van der Waals surface area contributed by atoms with Gasteiger partial charge in [0.1, 0.15) is 17.6 Å². The molecule has 5 aromatic rings. The fourth-order valence-corrected chi connectivity index (χ4v) is 8.65. The van der Waals surface area contributed by atoms with Crippen LogP contribution < -0.4 is 15.6 Å². The maximum Gasteiger partial charge on any atom is 0.349 e. The van der Waals surface area contributed by atoms with Crippen LogP contribution in [0.15, 0.2) is 88.4 Å². The number of aromatic nitrogens is 1. The molecule has 1 unspecified atom stereocenters. The molecule has 0 spiro atoms. The van der Waals surface area contributed by atoms with Gasteiger partial charge in [0.25, 0.3) is 0 Å². The minimum atomic E-state index is -1.77. The number of carbonyl (C=O) groups excluding carboxylic acids is 1. The molecule has 0 aliphatic heterocycles. The highest BCUT2D eigenvalue weighted by Gasteiger charge is 2.45. The lowest BCUT2D eigenvalue weighted by Crippen LogP contribution is -2.42. The van der Waals surface area contributed by atoms with Crippen molar-refractivity contribution in [3.63, 3.8) is 0 Å². The standard InChI is InChI=1S/C40H47N3O7S2.FH/c1-26(41-25-34(45)31-16-18-33(44)38-32(31)17-19-37(46)42-38)24-27-8-12-29(13-9-27)49-21-5-20-43(2)28-10-14-30(15-11-28)50-39(47)40(48,35-6-3-22-51-35)36-7-4-23-52-36;/h3-4,6-9,12-13,16-19,22-23,26,28,30,34,41,44-45,48H,5,10-11,14-15,20-21,24-25H2,1-2H3,(H,42,46);1H/t26?,28-,30-,34-;/m0./s1. The van der Waals surface area contributed by atoms with Gasteiger partial charge >= 0.3 is 5.97 Å². The Morgan fingerprint density at radius 3 is 2.32 bits per heavy atom. The second-order valence-corrected chi connectivity index (χ2v) is 15.5. The molecule has 284 valence electrons. The molecule has 10 nitrogen and oxygen atoms in total. The molecule has 13 heteroatoms. The van der Waals surface area contributed by atoms with E-state index < -0.39 is 17.7 Å². The lowest BCUT2D eigenvalue weighted by Gasteiger charge is -2.35. The van der Waals surface area contributed by atoms with E-state index >= 15 is 0 Å². The zero-order chi connectivity index (χ0) is 36.7. The van der Waals surface area contributed by atoms with Crippen LogP contribution in [0.5, 0.6) is 11.5 Å². The maximum atomic E-state index is 13.3. The van der Waals surface area contributed by atoms with Gasteiger partial charge in [0.2, 0.25) is 11.2 Å². The number of aromatic hydroxyl groups is 1. The Balaban J connectivity index is 0.00000541. The van der Waals surface area contributed by atoms with Crippen LogP contribution in [0.1, 0.15) is 66.0 Å². The molecule has 6 rings (SSSR count). The van der Waals surface area contributed by atoms with Crippen LogP contribution in [0.2, 0.25) is 0 Å². The number of aliphatic hydroxyl groups is 2. The summed E-state index contributed by atoms with van der Waals surface area (Å²) in [7, 11) is 2.14. The summed E-state index contributed by atoms with van der Waals surface area (Å²) in [6.45, 7) is 3.89. The molecule has 1 fully saturated rings. The van der Waals surface area contributed by atoms with Gasteiger partial charge in [0.15, 0.2) is 0 Å². The Labute approximate surface area is 316 Å². The topological polar surface area (TPSA) is 144 Å². The molecule has 0 saturated heterocycles. The number of ether oxygens (including phenoxy) is 2. The molecule has 2 aromatic carbocycles. The lowest BCUT2D eigenvalue weighted by molar-refractivity contribution is -0.169. The van der Waals surface area contributed by atoms with Gasteiger partial charge in [-0.1, -0.05) is 30.3 Å². The predicted molar refractivity (Wildman–Crippen MR) is 208 cm³/mol. The summed E-state index contributed by atoms with van der Waals surface area (Å²) < 4.78 is 12.0. The third-order valence-corrected chi connectivity index (χ3v) is 11.9. The van der Waals surface area contributed by atoms with Gasteiger partial charge in [-0.3, -0.25) is 9.50 Å². The van der Waals surface area contributed by atoms with Crippen LogP contribution in [-0.2, 0) is 21.6 Å². The first-order valence-corrected chi connectivity index (χ1v) is 19.6. The molecule has 1 aliphatic carbocycles. The Bertz CT molecular complexity index is 1910. The van der Waals surface area contributed by atoms with E-state index in [9.17, 15) is 24.9 Å². The highest BCUT2D eigenvalue weighted by molar-refractivity contribution is 7.12. The molecule has 2 atom stereocenters.